The van der Waals surface area contributed by atoms with Crippen molar-refractivity contribution in [2.45, 2.75) is 72.9 Å². The molecule has 1 aromatic heterocycles. The molecule has 0 aromatic carbocycles. The summed E-state index contributed by atoms with van der Waals surface area (Å²) in [6.07, 6.45) is 2.29. The van der Waals surface area contributed by atoms with E-state index in [1.165, 1.54) is 6.42 Å². The lowest BCUT2D eigenvalue weighted by Crippen LogP contribution is -2.42. The van der Waals surface area contributed by atoms with E-state index in [9.17, 15) is 0 Å². The Balaban J connectivity index is 0.00000484. The molecule has 0 saturated carbocycles. The van der Waals surface area contributed by atoms with Gasteiger partial charge in [-0.05, 0) is 31.1 Å². The Labute approximate surface area is 158 Å². The summed E-state index contributed by atoms with van der Waals surface area (Å²) in [7, 11) is 1.78. The molecule has 0 radical (unpaired) electrons. The van der Waals surface area contributed by atoms with E-state index in [0.717, 1.165) is 23.8 Å². The highest BCUT2D eigenvalue weighted by atomic mass is 127. The van der Waals surface area contributed by atoms with Gasteiger partial charge in [-0.1, -0.05) is 39.8 Å². The Kier molecular flexibility index (Phi) is 9.80. The van der Waals surface area contributed by atoms with Gasteiger partial charge >= 0.3 is 0 Å². The predicted molar refractivity (Wildman–Crippen MR) is 107 cm³/mol. The van der Waals surface area contributed by atoms with E-state index in [0.29, 0.717) is 23.9 Å². The molecule has 0 aliphatic heterocycles. The largest absolute Gasteiger partial charge is 0.359 e. The molecular weight excluding hydrogens is 403 g/mol. The summed E-state index contributed by atoms with van der Waals surface area (Å²) in [5, 5.41) is 10.7. The third kappa shape index (κ3) is 9.17. The molecule has 5 nitrogen and oxygen atoms in total. The highest BCUT2D eigenvalue weighted by Crippen LogP contribution is 2.21. The van der Waals surface area contributed by atoms with Gasteiger partial charge < -0.3 is 15.2 Å². The predicted octanol–water partition coefficient (Wildman–Crippen LogP) is 4.30. The van der Waals surface area contributed by atoms with Crippen LogP contribution in [0.5, 0.6) is 0 Å². The van der Waals surface area contributed by atoms with Crippen molar-refractivity contribution in [2.24, 2.45) is 10.4 Å². The van der Waals surface area contributed by atoms with Gasteiger partial charge in [-0.2, -0.15) is 0 Å². The van der Waals surface area contributed by atoms with Crippen molar-refractivity contribution in [1.29, 1.82) is 0 Å². The maximum atomic E-state index is 5.32. The average molecular weight is 436 g/mol. The lowest BCUT2D eigenvalue weighted by Gasteiger charge is -2.22. The van der Waals surface area contributed by atoms with E-state index >= 15 is 0 Å². The first-order valence-corrected chi connectivity index (χ1v) is 8.14. The number of aromatic nitrogens is 1. The second-order valence-corrected chi connectivity index (χ2v) is 7.44. The van der Waals surface area contributed by atoms with Gasteiger partial charge in [-0.3, -0.25) is 4.99 Å². The molecule has 1 aromatic rings. The number of rotatable bonds is 6. The fourth-order valence-corrected chi connectivity index (χ4v) is 2.00. The Morgan fingerprint density at radius 1 is 1.30 bits per heavy atom. The molecule has 0 amide bonds. The summed E-state index contributed by atoms with van der Waals surface area (Å²) in [5.74, 6) is 2.00. The normalized spacial score (nSPS) is 13.7. The third-order valence-corrected chi connectivity index (χ3v) is 3.53. The van der Waals surface area contributed by atoms with Crippen molar-refractivity contribution in [3.63, 3.8) is 0 Å². The fraction of sp³-hybridized carbons (Fsp3) is 0.765. The second kappa shape index (κ2) is 10.2. The minimum absolute atomic E-state index is 0. The van der Waals surface area contributed by atoms with Gasteiger partial charge in [-0.25, -0.2) is 0 Å². The van der Waals surface area contributed by atoms with Crippen LogP contribution in [0.2, 0.25) is 0 Å². The zero-order valence-corrected chi connectivity index (χ0v) is 17.9. The van der Waals surface area contributed by atoms with Crippen molar-refractivity contribution >= 4 is 29.9 Å². The first-order valence-electron chi connectivity index (χ1n) is 8.14. The minimum Gasteiger partial charge on any atom is -0.359 e. The van der Waals surface area contributed by atoms with Gasteiger partial charge in [0.25, 0.3) is 0 Å². The zero-order chi connectivity index (χ0) is 16.8. The average Bonchev–Trinajstić information content (AvgIpc) is 2.89. The number of hydrogen-bond donors (Lipinski definition) is 2. The number of nitrogens with zero attached hydrogens (tertiary/aromatic N) is 2. The molecular formula is C17H33IN4O. The highest BCUT2D eigenvalue weighted by molar-refractivity contribution is 14.0. The molecule has 6 heteroatoms. The van der Waals surface area contributed by atoms with E-state index in [2.05, 4.69) is 62.3 Å². The quantitative estimate of drug-likeness (QED) is 0.397. The SMILES string of the molecule is CN=C(NCc1cc(C(C)C)no1)NC(C)CCC(C)(C)C.I. The van der Waals surface area contributed by atoms with Gasteiger partial charge in [0, 0.05) is 19.2 Å². The summed E-state index contributed by atoms with van der Waals surface area (Å²) >= 11 is 0. The van der Waals surface area contributed by atoms with Crippen molar-refractivity contribution in [1.82, 2.24) is 15.8 Å². The van der Waals surface area contributed by atoms with Crippen LogP contribution in [0.1, 0.15) is 71.8 Å². The lowest BCUT2D eigenvalue weighted by atomic mass is 9.89. The third-order valence-electron chi connectivity index (χ3n) is 3.53. The van der Waals surface area contributed by atoms with E-state index < -0.39 is 0 Å². The molecule has 1 heterocycles. The van der Waals surface area contributed by atoms with Gasteiger partial charge in [0.2, 0.25) is 0 Å². The second-order valence-electron chi connectivity index (χ2n) is 7.44. The highest BCUT2D eigenvalue weighted by Gasteiger charge is 2.14. The number of halogens is 1. The first kappa shape index (κ1) is 22.2. The maximum absolute atomic E-state index is 5.32. The van der Waals surface area contributed by atoms with Crippen LogP contribution in [0.15, 0.2) is 15.6 Å². The van der Waals surface area contributed by atoms with E-state index in [4.69, 9.17) is 4.52 Å². The van der Waals surface area contributed by atoms with Crippen LogP contribution in [0.4, 0.5) is 0 Å². The molecule has 1 rings (SSSR count). The van der Waals surface area contributed by atoms with Gasteiger partial charge in [0.05, 0.1) is 12.2 Å². The number of aliphatic imine (C=N–C) groups is 1. The smallest absolute Gasteiger partial charge is 0.191 e. The number of nitrogens with one attached hydrogen (secondary N) is 2. The Morgan fingerprint density at radius 2 is 1.96 bits per heavy atom. The molecule has 0 spiro atoms. The van der Waals surface area contributed by atoms with Crippen LogP contribution in [-0.4, -0.2) is 24.2 Å². The van der Waals surface area contributed by atoms with Crippen LogP contribution in [0.3, 0.4) is 0 Å². The number of guanidine groups is 1. The van der Waals surface area contributed by atoms with Crippen LogP contribution in [0, 0.1) is 5.41 Å². The summed E-state index contributed by atoms with van der Waals surface area (Å²) in [4.78, 5) is 4.26. The van der Waals surface area contributed by atoms with Crippen molar-refractivity contribution in [3.8, 4) is 0 Å². The van der Waals surface area contributed by atoms with E-state index in [1.807, 2.05) is 6.07 Å². The fourth-order valence-electron chi connectivity index (χ4n) is 2.00. The lowest BCUT2D eigenvalue weighted by molar-refractivity contribution is 0.345. The summed E-state index contributed by atoms with van der Waals surface area (Å²) in [6, 6.07) is 2.37. The Hall–Kier alpha value is -0.790. The van der Waals surface area contributed by atoms with Crippen LogP contribution in [-0.2, 0) is 6.54 Å². The van der Waals surface area contributed by atoms with Gasteiger partial charge in [-0.15, -0.1) is 24.0 Å². The summed E-state index contributed by atoms with van der Waals surface area (Å²) in [5.41, 5.74) is 1.35. The minimum atomic E-state index is 0. The molecule has 0 aliphatic rings. The molecule has 2 N–H and O–H groups in total. The zero-order valence-electron chi connectivity index (χ0n) is 15.6. The molecule has 23 heavy (non-hydrogen) atoms. The summed E-state index contributed by atoms with van der Waals surface area (Å²) in [6.45, 7) is 13.8. The molecule has 0 aliphatic carbocycles. The van der Waals surface area contributed by atoms with Crippen LogP contribution < -0.4 is 10.6 Å². The Bertz CT molecular complexity index is 477. The Morgan fingerprint density at radius 3 is 2.43 bits per heavy atom. The molecule has 134 valence electrons. The van der Waals surface area contributed by atoms with E-state index in [-0.39, 0.29) is 24.0 Å². The van der Waals surface area contributed by atoms with Crippen LogP contribution >= 0.6 is 24.0 Å². The van der Waals surface area contributed by atoms with Gasteiger partial charge in [0.1, 0.15) is 0 Å². The molecule has 1 unspecified atom stereocenters. The van der Waals surface area contributed by atoms with E-state index in [1.54, 1.807) is 7.05 Å². The van der Waals surface area contributed by atoms with Crippen molar-refractivity contribution in [2.75, 3.05) is 7.05 Å². The maximum Gasteiger partial charge on any atom is 0.191 e. The van der Waals surface area contributed by atoms with Gasteiger partial charge in [0.15, 0.2) is 11.7 Å². The van der Waals surface area contributed by atoms with Crippen LogP contribution in [0.25, 0.3) is 0 Å². The van der Waals surface area contributed by atoms with Crippen molar-refractivity contribution < 1.29 is 4.52 Å². The van der Waals surface area contributed by atoms with Crippen molar-refractivity contribution in [3.05, 3.63) is 17.5 Å². The number of hydrogen-bond acceptors (Lipinski definition) is 3. The summed E-state index contributed by atoms with van der Waals surface area (Å²) < 4.78 is 5.32. The first-order chi connectivity index (χ1) is 10.2. The molecule has 0 fully saturated rings. The standard InChI is InChI=1S/C17H32N4O.HI/c1-12(2)15-10-14(22-21-15)11-19-16(18-7)20-13(3)8-9-17(4,5)6;/h10,12-13H,8-9,11H2,1-7H3,(H2,18,19,20);1H. The topological polar surface area (TPSA) is 62.5 Å². The molecule has 0 bridgehead atoms. The molecule has 0 saturated heterocycles. The monoisotopic (exact) mass is 436 g/mol. The molecule has 1 atom stereocenters.